The summed E-state index contributed by atoms with van der Waals surface area (Å²) in [5.74, 6) is 1.01. The van der Waals surface area contributed by atoms with Crippen LogP contribution in [0.5, 0.6) is 5.75 Å². The van der Waals surface area contributed by atoms with Crippen molar-refractivity contribution < 1.29 is 4.74 Å². The summed E-state index contributed by atoms with van der Waals surface area (Å²) in [5, 5.41) is 2.49. The van der Waals surface area contributed by atoms with Gasteiger partial charge < -0.3 is 4.74 Å². The van der Waals surface area contributed by atoms with Gasteiger partial charge in [-0.15, -0.1) is 0 Å². The van der Waals surface area contributed by atoms with Crippen LogP contribution in [-0.4, -0.2) is 0 Å². The Bertz CT molecular complexity index is 586. The lowest BCUT2D eigenvalue weighted by molar-refractivity contribution is 0.246. The summed E-state index contributed by atoms with van der Waals surface area (Å²) < 4.78 is 5.37. The van der Waals surface area contributed by atoms with Crippen molar-refractivity contribution in [1.82, 2.24) is 0 Å². The predicted octanol–water partition coefficient (Wildman–Crippen LogP) is 3.66. The van der Waals surface area contributed by atoms with Crippen LogP contribution in [0.4, 0.5) is 0 Å². The van der Waals surface area contributed by atoms with Gasteiger partial charge in [0.2, 0.25) is 0 Å². The average Bonchev–Trinajstić information content (AvgIpc) is 2.26. The van der Waals surface area contributed by atoms with Crippen LogP contribution < -0.4 is 4.74 Å². The number of fused-ring (bicyclic) bond motifs is 3. The van der Waals surface area contributed by atoms with Crippen molar-refractivity contribution in [3.63, 3.8) is 0 Å². The molecule has 3 rings (SSSR count). The molecule has 0 bridgehead atoms. The van der Waals surface area contributed by atoms with Crippen LogP contribution in [0.2, 0.25) is 0 Å². The Balaban J connectivity index is 2.37. The molecule has 1 aliphatic heterocycles. The fraction of sp³-hybridized carbons (Fsp3) is 0.0667. The smallest absolute Gasteiger partial charge is 0.127 e. The van der Waals surface area contributed by atoms with E-state index in [1.165, 1.54) is 16.3 Å². The lowest BCUT2D eigenvalue weighted by atomic mass is 10.0. The molecule has 2 aromatic rings. The summed E-state index contributed by atoms with van der Waals surface area (Å²) in [7, 11) is 0. The molecule has 1 heterocycles. The molecule has 0 saturated carbocycles. The molecular formula is C15H11O. The van der Waals surface area contributed by atoms with E-state index in [4.69, 9.17) is 4.74 Å². The zero-order chi connectivity index (χ0) is 10.8. The predicted molar refractivity (Wildman–Crippen MR) is 64.7 cm³/mol. The molecule has 0 spiro atoms. The minimum absolute atomic E-state index is 0.722. The molecule has 1 radical (unpaired) electrons. The molecule has 0 N–H and O–H groups in total. The molecule has 1 heteroatoms. The van der Waals surface area contributed by atoms with E-state index in [2.05, 4.69) is 24.3 Å². The van der Waals surface area contributed by atoms with E-state index >= 15 is 0 Å². The van der Waals surface area contributed by atoms with Crippen LogP contribution in [0.3, 0.4) is 0 Å². The molecule has 0 unspecified atom stereocenters. The molecule has 0 atom stereocenters. The third-order valence-corrected chi connectivity index (χ3v) is 2.75. The number of hydrogen-bond donors (Lipinski definition) is 0. The molecule has 0 amide bonds. The Morgan fingerprint density at radius 1 is 0.938 bits per heavy atom. The zero-order valence-corrected chi connectivity index (χ0v) is 8.81. The fourth-order valence-corrected chi connectivity index (χ4v) is 1.88. The average molecular weight is 207 g/mol. The van der Waals surface area contributed by atoms with Gasteiger partial charge >= 0.3 is 0 Å². The number of benzene rings is 1. The van der Waals surface area contributed by atoms with Crippen LogP contribution in [0.1, 0.15) is 5.56 Å². The minimum atomic E-state index is 0.722. The molecular weight excluding hydrogens is 196 g/mol. The van der Waals surface area contributed by atoms with Gasteiger partial charge in [0, 0.05) is 5.56 Å². The molecule has 1 nitrogen and oxygen atoms in total. The first-order valence-corrected chi connectivity index (χ1v) is 5.33. The van der Waals surface area contributed by atoms with Crippen molar-refractivity contribution in [1.29, 1.82) is 0 Å². The van der Waals surface area contributed by atoms with Gasteiger partial charge in [0.05, 0.1) is 0 Å². The monoisotopic (exact) mass is 207 g/mol. The van der Waals surface area contributed by atoms with E-state index < -0.39 is 0 Å². The highest BCUT2D eigenvalue weighted by molar-refractivity contribution is 5.87. The fourth-order valence-electron chi connectivity index (χ4n) is 1.88. The second-order valence-corrected chi connectivity index (χ2v) is 3.74. The number of rotatable bonds is 0. The standard InChI is InChI=1S/C15H11O/c1-2-4-6-8-13-12(7-5-3-1)9-10-15-14(13)11-16-15/h1,3-10H,11H2. The first kappa shape index (κ1) is 9.22. The van der Waals surface area contributed by atoms with Crippen molar-refractivity contribution in [3.8, 4) is 5.75 Å². The van der Waals surface area contributed by atoms with E-state index in [1.807, 2.05) is 36.4 Å². The van der Waals surface area contributed by atoms with E-state index in [-0.39, 0.29) is 0 Å². The van der Waals surface area contributed by atoms with E-state index in [1.54, 1.807) is 0 Å². The topological polar surface area (TPSA) is 9.23 Å². The van der Waals surface area contributed by atoms with Crippen LogP contribution in [0.25, 0.3) is 10.8 Å². The van der Waals surface area contributed by atoms with Crippen LogP contribution >= 0.6 is 0 Å². The lowest BCUT2D eigenvalue weighted by Gasteiger charge is -2.21. The Labute approximate surface area is 94.6 Å². The van der Waals surface area contributed by atoms with E-state index in [9.17, 15) is 0 Å². The van der Waals surface area contributed by atoms with Gasteiger partial charge in [-0.05, 0) is 22.9 Å². The molecule has 0 fully saturated rings. The summed E-state index contributed by atoms with van der Waals surface area (Å²) in [6.07, 6.45) is 0. The van der Waals surface area contributed by atoms with Gasteiger partial charge in [-0.2, -0.15) is 0 Å². The highest BCUT2D eigenvalue weighted by Crippen LogP contribution is 2.34. The third-order valence-electron chi connectivity index (χ3n) is 2.75. The first-order chi connectivity index (χ1) is 7.95. The largest absolute Gasteiger partial charge is 0.488 e. The summed E-state index contributed by atoms with van der Waals surface area (Å²) in [6, 6.07) is 21.3. The zero-order valence-electron chi connectivity index (χ0n) is 8.81. The van der Waals surface area contributed by atoms with E-state index in [0.29, 0.717) is 0 Å². The van der Waals surface area contributed by atoms with Gasteiger partial charge in [-0.1, -0.05) is 48.5 Å². The maximum absolute atomic E-state index is 5.37. The minimum Gasteiger partial charge on any atom is -0.488 e. The third kappa shape index (κ3) is 1.50. The maximum atomic E-state index is 5.37. The normalized spacial score (nSPS) is 12.0. The Morgan fingerprint density at radius 2 is 1.88 bits per heavy atom. The molecule has 2 aromatic carbocycles. The summed E-state index contributed by atoms with van der Waals surface area (Å²) in [6.45, 7) is 0.722. The quantitative estimate of drug-likeness (QED) is 0.640. The van der Waals surface area contributed by atoms with Crippen LogP contribution in [-0.2, 0) is 6.61 Å². The molecule has 16 heavy (non-hydrogen) atoms. The second kappa shape index (κ2) is 3.86. The van der Waals surface area contributed by atoms with Gasteiger partial charge in [0.25, 0.3) is 0 Å². The van der Waals surface area contributed by atoms with Crippen LogP contribution in [0.15, 0.2) is 54.6 Å². The molecule has 0 aliphatic carbocycles. The van der Waals surface area contributed by atoms with Gasteiger partial charge in [0.15, 0.2) is 0 Å². The Kier molecular flexibility index (Phi) is 2.22. The second-order valence-electron chi connectivity index (χ2n) is 3.74. The Morgan fingerprint density at radius 3 is 2.75 bits per heavy atom. The van der Waals surface area contributed by atoms with Crippen molar-refractivity contribution in [2.24, 2.45) is 0 Å². The molecule has 0 saturated heterocycles. The van der Waals surface area contributed by atoms with Gasteiger partial charge in [-0.25, -0.2) is 0 Å². The van der Waals surface area contributed by atoms with Crippen molar-refractivity contribution in [2.75, 3.05) is 0 Å². The van der Waals surface area contributed by atoms with Crippen molar-refractivity contribution in [2.45, 2.75) is 6.61 Å². The van der Waals surface area contributed by atoms with Crippen molar-refractivity contribution >= 4 is 10.8 Å². The van der Waals surface area contributed by atoms with E-state index in [0.717, 1.165) is 12.4 Å². The highest BCUT2D eigenvalue weighted by Gasteiger charge is 2.16. The highest BCUT2D eigenvalue weighted by atomic mass is 16.5. The molecule has 0 aromatic heterocycles. The Hall–Kier alpha value is -2.02. The van der Waals surface area contributed by atoms with Crippen molar-refractivity contribution in [3.05, 3.63) is 66.2 Å². The molecule has 1 aliphatic rings. The maximum Gasteiger partial charge on any atom is 0.127 e. The van der Waals surface area contributed by atoms with Gasteiger partial charge in [-0.3, -0.25) is 0 Å². The van der Waals surface area contributed by atoms with Gasteiger partial charge in [0.1, 0.15) is 12.4 Å². The summed E-state index contributed by atoms with van der Waals surface area (Å²) in [4.78, 5) is 0. The first-order valence-electron chi connectivity index (χ1n) is 5.33. The molecule has 77 valence electrons. The SMILES string of the molecule is [c]1ccccc2ccc3c(c2ccc1)CO3. The van der Waals surface area contributed by atoms with Crippen LogP contribution in [0, 0.1) is 6.07 Å². The number of ether oxygens (including phenoxy) is 1. The number of hydrogen-bond acceptors (Lipinski definition) is 1. The summed E-state index contributed by atoms with van der Waals surface area (Å²) in [5.41, 5.74) is 1.30. The lowest BCUT2D eigenvalue weighted by Crippen LogP contribution is -2.09. The summed E-state index contributed by atoms with van der Waals surface area (Å²) >= 11 is 0.